The van der Waals surface area contributed by atoms with Gasteiger partial charge in [0.05, 0.1) is 6.07 Å². The van der Waals surface area contributed by atoms with Gasteiger partial charge in [-0.2, -0.15) is 5.26 Å². The van der Waals surface area contributed by atoms with Crippen molar-refractivity contribution in [3.8, 4) is 17.2 Å². The zero-order valence-electron chi connectivity index (χ0n) is 21.8. The zero-order chi connectivity index (χ0) is 28.2. The highest BCUT2D eigenvalue weighted by Crippen LogP contribution is 2.53. The number of carbonyl (C=O) groups is 3. The minimum atomic E-state index is -2.97. The number of nitrogens with one attached hydrogen (secondary N) is 2. The first kappa shape index (κ1) is 26.4. The summed E-state index contributed by atoms with van der Waals surface area (Å²) in [4.78, 5) is 41.5. The number of likely N-dealkylation sites (tertiary alicyclic amines) is 1. The molecule has 2 aromatic carbocycles. The van der Waals surface area contributed by atoms with Crippen molar-refractivity contribution in [2.75, 3.05) is 13.1 Å². The number of alkyl halides is 2. The number of hydrogen-bond donors (Lipinski definition) is 3. The lowest BCUT2D eigenvalue weighted by Gasteiger charge is -2.35. The van der Waals surface area contributed by atoms with Crippen LogP contribution in [-0.2, 0) is 20.0 Å². The molecule has 40 heavy (non-hydrogen) atoms. The first-order chi connectivity index (χ1) is 19.1. The van der Waals surface area contributed by atoms with E-state index < -0.39 is 66.0 Å². The van der Waals surface area contributed by atoms with Crippen molar-refractivity contribution in [3.05, 3.63) is 59.7 Å². The van der Waals surface area contributed by atoms with Crippen LogP contribution in [0.3, 0.4) is 0 Å². The van der Waals surface area contributed by atoms with Gasteiger partial charge >= 0.3 is 0 Å². The molecular weight excluding hydrogens is 518 g/mol. The van der Waals surface area contributed by atoms with Crippen molar-refractivity contribution in [1.29, 1.82) is 5.26 Å². The van der Waals surface area contributed by atoms with Crippen LogP contribution in [0, 0.1) is 29.1 Å². The van der Waals surface area contributed by atoms with Gasteiger partial charge in [-0.25, -0.2) is 8.78 Å². The SMILES string of the molecule is N#C[C@@H](C[C@H]1CCCNC1=O)NC(=O)[C@@H]1[C@@H]2CC(F)(F)C[C@@H]2CN1C(=O)C1(O)c2ccccc2-c2ccccc21. The van der Waals surface area contributed by atoms with E-state index in [0.717, 1.165) is 6.42 Å². The Morgan fingerprint density at radius 2 is 1.77 bits per heavy atom. The van der Waals surface area contributed by atoms with Crippen LogP contribution in [0.1, 0.15) is 43.2 Å². The molecule has 8 nitrogen and oxygen atoms in total. The number of carbonyl (C=O) groups excluding carboxylic acids is 3. The fourth-order valence-electron chi connectivity index (χ4n) is 7.24. The number of amides is 3. The molecule has 2 heterocycles. The van der Waals surface area contributed by atoms with Gasteiger partial charge in [-0.1, -0.05) is 48.5 Å². The van der Waals surface area contributed by atoms with Crippen molar-refractivity contribution in [2.24, 2.45) is 17.8 Å². The second-order valence-corrected chi connectivity index (χ2v) is 11.4. The highest BCUT2D eigenvalue weighted by atomic mass is 19.3. The maximum Gasteiger partial charge on any atom is 0.264 e. The Labute approximate surface area is 230 Å². The Morgan fingerprint density at radius 3 is 2.40 bits per heavy atom. The molecule has 4 aliphatic rings. The molecule has 208 valence electrons. The Balaban J connectivity index is 1.32. The Kier molecular flexibility index (Phi) is 6.37. The highest BCUT2D eigenvalue weighted by molar-refractivity contribution is 6.01. The van der Waals surface area contributed by atoms with Crippen molar-refractivity contribution < 1.29 is 28.3 Å². The summed E-state index contributed by atoms with van der Waals surface area (Å²) in [5.74, 6) is -6.53. The molecule has 5 atom stereocenters. The quantitative estimate of drug-likeness (QED) is 0.531. The van der Waals surface area contributed by atoms with Crippen LogP contribution in [0.2, 0.25) is 0 Å². The number of benzene rings is 2. The fraction of sp³-hybridized carbons (Fsp3) is 0.467. The number of nitrogens with zero attached hydrogens (tertiary/aromatic N) is 2. The summed E-state index contributed by atoms with van der Waals surface area (Å²) in [5, 5.41) is 27.3. The summed E-state index contributed by atoms with van der Waals surface area (Å²) >= 11 is 0. The number of nitriles is 1. The third-order valence-corrected chi connectivity index (χ3v) is 9.03. The standard InChI is InChI=1S/C30H30F2N4O4/c31-29(32)13-18-16-36(28(39)30(40)23-9-3-1-7-20(23)21-8-2-4-10-24(21)30)25(22(18)14-29)27(38)35-19(15-33)12-17-6-5-11-34-26(17)37/h1-4,7-10,17-19,22,25,40H,5-6,11-14,16H2,(H,34,37)(H,35,38)/t17-,18-,19-,22-,25+/m1/s1. The molecular formula is C30H30F2N4O4. The van der Waals surface area contributed by atoms with Crippen LogP contribution in [0.5, 0.6) is 0 Å². The lowest BCUT2D eigenvalue weighted by atomic mass is 9.88. The molecule has 3 amide bonds. The van der Waals surface area contributed by atoms with Gasteiger partial charge < -0.3 is 20.6 Å². The lowest BCUT2D eigenvalue weighted by molar-refractivity contribution is -0.153. The number of fused-ring (bicyclic) bond motifs is 4. The van der Waals surface area contributed by atoms with Crippen LogP contribution < -0.4 is 10.6 Å². The second kappa shape index (κ2) is 9.66. The van der Waals surface area contributed by atoms with E-state index in [1.807, 2.05) is 18.2 Å². The third kappa shape index (κ3) is 4.15. The molecule has 2 saturated heterocycles. The average molecular weight is 549 g/mol. The highest BCUT2D eigenvalue weighted by Gasteiger charge is 2.61. The van der Waals surface area contributed by atoms with Gasteiger partial charge in [-0.05, 0) is 42.2 Å². The smallest absolute Gasteiger partial charge is 0.264 e. The molecule has 10 heteroatoms. The fourth-order valence-corrected chi connectivity index (χ4v) is 7.24. The van der Waals surface area contributed by atoms with E-state index in [1.165, 1.54) is 4.90 Å². The maximum absolute atomic E-state index is 14.5. The predicted molar refractivity (Wildman–Crippen MR) is 139 cm³/mol. The zero-order valence-corrected chi connectivity index (χ0v) is 21.8. The van der Waals surface area contributed by atoms with Gasteiger partial charge in [0.25, 0.3) is 5.91 Å². The summed E-state index contributed by atoms with van der Waals surface area (Å²) < 4.78 is 29.0. The van der Waals surface area contributed by atoms with Gasteiger partial charge in [0.1, 0.15) is 12.1 Å². The molecule has 0 aromatic heterocycles. The molecule has 6 rings (SSSR count). The summed E-state index contributed by atoms with van der Waals surface area (Å²) in [7, 11) is 0. The van der Waals surface area contributed by atoms with Crippen molar-refractivity contribution in [3.63, 3.8) is 0 Å². The Hall–Kier alpha value is -3.84. The van der Waals surface area contributed by atoms with E-state index in [1.54, 1.807) is 36.4 Å². The number of halogens is 2. The number of hydrogen-bond acceptors (Lipinski definition) is 5. The number of piperidine rings is 1. The van der Waals surface area contributed by atoms with Crippen LogP contribution in [0.4, 0.5) is 8.78 Å². The molecule has 2 aromatic rings. The third-order valence-electron chi connectivity index (χ3n) is 9.03. The molecule has 0 bridgehead atoms. The summed E-state index contributed by atoms with van der Waals surface area (Å²) in [5.41, 5.74) is 0.0380. The summed E-state index contributed by atoms with van der Waals surface area (Å²) in [6.45, 7) is 0.455. The molecule has 3 fully saturated rings. The van der Waals surface area contributed by atoms with Crippen LogP contribution >= 0.6 is 0 Å². The van der Waals surface area contributed by atoms with Crippen LogP contribution in [-0.4, -0.2) is 58.8 Å². The summed E-state index contributed by atoms with van der Waals surface area (Å²) in [6, 6.07) is 13.7. The molecule has 2 aliphatic heterocycles. The normalized spacial score (nSPS) is 28.1. The van der Waals surface area contributed by atoms with Crippen molar-refractivity contribution in [1.82, 2.24) is 15.5 Å². The average Bonchev–Trinajstić information content (AvgIpc) is 3.53. The maximum atomic E-state index is 14.5. The molecule has 0 unspecified atom stereocenters. The first-order valence-electron chi connectivity index (χ1n) is 13.7. The molecule has 0 spiro atoms. The number of aliphatic hydroxyl groups is 1. The van der Waals surface area contributed by atoms with Crippen LogP contribution in [0.25, 0.3) is 11.1 Å². The van der Waals surface area contributed by atoms with E-state index >= 15 is 0 Å². The summed E-state index contributed by atoms with van der Waals surface area (Å²) in [6.07, 6.45) is 0.405. The molecule has 3 N–H and O–H groups in total. The predicted octanol–water partition coefficient (Wildman–Crippen LogP) is 2.70. The minimum absolute atomic E-state index is 0.0870. The van der Waals surface area contributed by atoms with Crippen molar-refractivity contribution in [2.45, 2.75) is 55.7 Å². The second-order valence-electron chi connectivity index (χ2n) is 11.4. The van der Waals surface area contributed by atoms with Gasteiger partial charge in [0.15, 0.2) is 5.60 Å². The van der Waals surface area contributed by atoms with E-state index in [4.69, 9.17) is 0 Å². The van der Waals surface area contributed by atoms with E-state index in [0.29, 0.717) is 35.2 Å². The van der Waals surface area contributed by atoms with E-state index in [9.17, 15) is 33.5 Å². The molecule has 1 saturated carbocycles. The van der Waals surface area contributed by atoms with E-state index in [2.05, 4.69) is 10.6 Å². The van der Waals surface area contributed by atoms with Crippen LogP contribution in [0.15, 0.2) is 48.5 Å². The van der Waals surface area contributed by atoms with Gasteiger partial charge in [0, 0.05) is 43.0 Å². The number of rotatable bonds is 5. The molecule has 0 radical (unpaired) electrons. The van der Waals surface area contributed by atoms with Crippen molar-refractivity contribution >= 4 is 17.7 Å². The molecule has 2 aliphatic carbocycles. The lowest BCUT2D eigenvalue weighted by Crippen LogP contribution is -2.56. The first-order valence-corrected chi connectivity index (χ1v) is 13.7. The minimum Gasteiger partial charge on any atom is -0.372 e. The van der Waals surface area contributed by atoms with E-state index in [-0.39, 0.29) is 18.9 Å². The van der Waals surface area contributed by atoms with Gasteiger partial charge in [-0.15, -0.1) is 0 Å². The van der Waals surface area contributed by atoms with Gasteiger partial charge in [-0.3, -0.25) is 14.4 Å². The topological polar surface area (TPSA) is 123 Å². The largest absolute Gasteiger partial charge is 0.372 e. The Bertz CT molecular complexity index is 1380. The monoisotopic (exact) mass is 548 g/mol. The van der Waals surface area contributed by atoms with Gasteiger partial charge in [0.2, 0.25) is 17.7 Å². The Morgan fingerprint density at radius 1 is 1.12 bits per heavy atom.